The summed E-state index contributed by atoms with van der Waals surface area (Å²) in [7, 11) is 0. The first kappa shape index (κ1) is 31.7. The van der Waals surface area contributed by atoms with Gasteiger partial charge in [-0.05, 0) is 0 Å². The van der Waals surface area contributed by atoms with Crippen molar-refractivity contribution in [2.45, 2.75) is 85.4 Å². The normalized spacial score (nSPS) is 13.1. The molecule has 0 saturated heterocycles. The number of aliphatic hydroxyl groups is 2. The van der Waals surface area contributed by atoms with Crippen molar-refractivity contribution in [2.24, 2.45) is 0 Å². The number of aliphatic hydroxyl groups excluding tert-OH is 2. The molecule has 2 nitrogen and oxygen atoms in total. The zero-order valence-corrected chi connectivity index (χ0v) is 25.9. The number of hydrogen-bond donors (Lipinski definition) is 2. The molecule has 2 aromatic carbocycles. The van der Waals surface area contributed by atoms with E-state index in [0.717, 1.165) is 41.5 Å². The second kappa shape index (κ2) is 17.2. The molecule has 0 bridgehead atoms. The molecular weight excluding hydrogens is 573 g/mol. The van der Waals surface area contributed by atoms with Gasteiger partial charge in [0.2, 0.25) is 0 Å². The third kappa shape index (κ3) is 9.96. The van der Waals surface area contributed by atoms with E-state index in [-0.39, 0.29) is 24.8 Å². The molecule has 2 rings (SSSR count). The summed E-state index contributed by atoms with van der Waals surface area (Å²) in [6, 6.07) is 13.1. The molecule has 2 aromatic rings. The van der Waals surface area contributed by atoms with E-state index in [2.05, 4.69) is 26.8 Å². The van der Waals surface area contributed by atoms with Crippen LogP contribution < -0.4 is 0 Å². The molecule has 0 aliphatic carbocycles. The van der Waals surface area contributed by atoms with E-state index < -0.39 is 18.4 Å². The average Bonchev–Trinajstić information content (AvgIpc) is 2.91. The Balaban J connectivity index is 2.74. The Bertz CT molecular complexity index is 959. The van der Waals surface area contributed by atoms with Crippen molar-refractivity contribution in [3.05, 3.63) is 92.1 Å². The van der Waals surface area contributed by atoms with E-state index in [1.54, 1.807) is 12.1 Å². The SMILES string of the molecule is CCC[CH2][Sn]([CH2]CCC)([CH2]CCC)[C](=C/CO)/C(Cc1ccc(F)cc1)=C(/CO)Cc1ccc(F)cc1. The molecular formula is C32H46F2O2Sn. The van der Waals surface area contributed by atoms with Gasteiger partial charge in [0.25, 0.3) is 0 Å². The van der Waals surface area contributed by atoms with Crippen molar-refractivity contribution in [3.63, 3.8) is 0 Å². The molecule has 0 atom stereocenters. The van der Waals surface area contributed by atoms with Crippen LogP contribution in [0.1, 0.15) is 70.4 Å². The molecule has 0 radical (unpaired) electrons. The minimum absolute atomic E-state index is 0.0272. The predicted molar refractivity (Wildman–Crippen MR) is 154 cm³/mol. The molecule has 0 spiro atoms. The van der Waals surface area contributed by atoms with E-state index in [1.165, 1.54) is 60.4 Å². The first-order valence-corrected chi connectivity index (χ1v) is 21.5. The van der Waals surface area contributed by atoms with Crippen LogP contribution >= 0.6 is 0 Å². The summed E-state index contributed by atoms with van der Waals surface area (Å²) in [5.41, 5.74) is 3.97. The van der Waals surface area contributed by atoms with Crippen LogP contribution in [-0.4, -0.2) is 41.8 Å². The Hall–Kier alpha value is -1.50. The number of hydrogen-bond acceptors (Lipinski definition) is 2. The molecule has 0 fully saturated rings. The maximum absolute atomic E-state index is 13.7. The zero-order valence-electron chi connectivity index (χ0n) is 23.0. The second-order valence-corrected chi connectivity index (χ2v) is 23.4. The van der Waals surface area contributed by atoms with Crippen molar-refractivity contribution in [1.82, 2.24) is 0 Å². The zero-order chi connectivity index (χ0) is 27.1. The van der Waals surface area contributed by atoms with Gasteiger partial charge in [-0.3, -0.25) is 0 Å². The summed E-state index contributed by atoms with van der Waals surface area (Å²) >= 11 is -3.04. The van der Waals surface area contributed by atoms with E-state index in [9.17, 15) is 19.0 Å². The molecule has 0 aliphatic heterocycles. The summed E-state index contributed by atoms with van der Waals surface area (Å²) < 4.78 is 32.4. The number of allylic oxidation sites excluding steroid dienone is 2. The number of unbranched alkanes of at least 4 members (excludes halogenated alkanes) is 3. The predicted octanol–water partition coefficient (Wildman–Crippen LogP) is 8.35. The van der Waals surface area contributed by atoms with Gasteiger partial charge in [0.05, 0.1) is 0 Å². The molecule has 0 aromatic heterocycles. The third-order valence-electron chi connectivity index (χ3n) is 7.46. The van der Waals surface area contributed by atoms with Gasteiger partial charge in [-0.25, -0.2) is 0 Å². The van der Waals surface area contributed by atoms with Gasteiger partial charge in [0, 0.05) is 0 Å². The molecule has 5 heteroatoms. The van der Waals surface area contributed by atoms with Crippen LogP contribution in [0.5, 0.6) is 0 Å². The third-order valence-corrected chi connectivity index (χ3v) is 23.4. The first-order chi connectivity index (χ1) is 17.9. The van der Waals surface area contributed by atoms with Crippen LogP contribution in [0.3, 0.4) is 0 Å². The van der Waals surface area contributed by atoms with Crippen molar-refractivity contribution >= 4 is 18.4 Å². The van der Waals surface area contributed by atoms with Gasteiger partial charge >= 0.3 is 228 Å². The second-order valence-electron chi connectivity index (χ2n) is 10.2. The van der Waals surface area contributed by atoms with Crippen molar-refractivity contribution in [3.8, 4) is 0 Å². The number of halogens is 2. The van der Waals surface area contributed by atoms with Crippen LogP contribution in [0.25, 0.3) is 0 Å². The van der Waals surface area contributed by atoms with Crippen LogP contribution in [0, 0.1) is 11.6 Å². The van der Waals surface area contributed by atoms with Gasteiger partial charge in [-0.2, -0.15) is 0 Å². The van der Waals surface area contributed by atoms with E-state index in [0.29, 0.717) is 12.8 Å². The molecule has 0 saturated carbocycles. The standard InChI is InChI=1S/C20H19F2O2.3C4H9.Sn/c21-19-7-3-15(4-8-19)12-17(2-1-11-23)18(14-24)13-16-5-9-20(22)10-6-16;3*1-3-4-2;/h1,3-10,23-24H,11-14H2;3*1,3-4H2,2H3;/b2-1?,18-17-;;;;. The summed E-state index contributed by atoms with van der Waals surface area (Å²) in [5, 5.41) is 21.0. The van der Waals surface area contributed by atoms with E-state index in [1.807, 2.05) is 12.1 Å². The van der Waals surface area contributed by atoms with Gasteiger partial charge in [-0.1, -0.05) is 0 Å². The molecule has 204 valence electrons. The van der Waals surface area contributed by atoms with E-state index >= 15 is 0 Å². The van der Waals surface area contributed by atoms with Gasteiger partial charge in [0.15, 0.2) is 0 Å². The summed E-state index contributed by atoms with van der Waals surface area (Å²) in [6.45, 7) is 6.60. The molecule has 2 N–H and O–H groups in total. The molecule has 0 unspecified atom stereocenters. The summed E-state index contributed by atoms with van der Waals surface area (Å²) in [5.74, 6) is -0.545. The molecule has 0 heterocycles. The van der Waals surface area contributed by atoms with Crippen molar-refractivity contribution in [2.75, 3.05) is 13.2 Å². The Morgan fingerprint density at radius 1 is 0.703 bits per heavy atom. The number of rotatable bonds is 17. The van der Waals surface area contributed by atoms with E-state index in [4.69, 9.17) is 0 Å². The summed E-state index contributed by atoms with van der Waals surface area (Å²) in [4.78, 5) is 0. The Morgan fingerprint density at radius 2 is 1.14 bits per heavy atom. The monoisotopic (exact) mass is 620 g/mol. The molecule has 37 heavy (non-hydrogen) atoms. The van der Waals surface area contributed by atoms with Crippen LogP contribution in [0.15, 0.2) is 69.3 Å². The van der Waals surface area contributed by atoms with Gasteiger partial charge in [-0.15, -0.1) is 0 Å². The van der Waals surface area contributed by atoms with Gasteiger partial charge in [0.1, 0.15) is 0 Å². The fourth-order valence-electron chi connectivity index (χ4n) is 5.40. The molecule has 0 aliphatic rings. The van der Waals surface area contributed by atoms with Crippen LogP contribution in [0.4, 0.5) is 8.78 Å². The quantitative estimate of drug-likeness (QED) is 0.138. The molecule has 0 amide bonds. The fraction of sp³-hybridized carbons (Fsp3) is 0.500. The first-order valence-electron chi connectivity index (χ1n) is 14.0. The average molecular weight is 619 g/mol. The van der Waals surface area contributed by atoms with Gasteiger partial charge < -0.3 is 0 Å². The van der Waals surface area contributed by atoms with Crippen LogP contribution in [-0.2, 0) is 12.8 Å². The fourth-order valence-corrected chi connectivity index (χ4v) is 22.7. The van der Waals surface area contributed by atoms with Crippen molar-refractivity contribution in [1.29, 1.82) is 0 Å². The number of benzene rings is 2. The van der Waals surface area contributed by atoms with Crippen LogP contribution in [0.2, 0.25) is 13.3 Å². The maximum atomic E-state index is 13.7. The Kier molecular flexibility index (Phi) is 14.7. The Labute approximate surface area is 227 Å². The van der Waals surface area contributed by atoms with Crippen molar-refractivity contribution < 1.29 is 19.0 Å². The Morgan fingerprint density at radius 3 is 1.51 bits per heavy atom. The topological polar surface area (TPSA) is 40.5 Å². The minimum atomic E-state index is -3.04. The summed E-state index contributed by atoms with van der Waals surface area (Å²) in [6.07, 6.45) is 10.1.